The zero-order valence-electron chi connectivity index (χ0n) is 20.3. The molecule has 0 aromatic heterocycles. The number of urea groups is 1. The number of benzodiazepines with no additional fused rings is 1. The fourth-order valence-electron chi connectivity index (χ4n) is 3.89. The standard InChI is InChI=1S/C27H27N5O4/c1-18-22-14-7-8-15-23(22)32(17-24(33)31(2)20-11-5-4-6-12-20)26(34)25(28-18)30-27(35)29-19-10-9-13-21(16-19)36-3/h4-16,25H,17H2,1-3H3,(H2,29,30,35). The second kappa shape index (κ2) is 10.7. The zero-order valence-corrected chi connectivity index (χ0v) is 20.3. The van der Waals surface area contributed by atoms with Gasteiger partial charge in [-0.1, -0.05) is 42.5 Å². The Morgan fingerprint density at radius 3 is 2.50 bits per heavy atom. The molecule has 0 saturated heterocycles. The van der Waals surface area contributed by atoms with E-state index in [1.54, 1.807) is 50.4 Å². The molecule has 9 heteroatoms. The van der Waals surface area contributed by atoms with E-state index in [2.05, 4.69) is 15.6 Å². The molecule has 0 spiro atoms. The summed E-state index contributed by atoms with van der Waals surface area (Å²) in [7, 11) is 3.19. The fourth-order valence-corrected chi connectivity index (χ4v) is 3.89. The van der Waals surface area contributed by atoms with Gasteiger partial charge in [0.1, 0.15) is 12.3 Å². The molecule has 1 unspecified atom stereocenters. The third kappa shape index (κ3) is 5.35. The molecule has 0 saturated carbocycles. The van der Waals surface area contributed by atoms with Crippen LogP contribution < -0.4 is 25.2 Å². The van der Waals surface area contributed by atoms with E-state index in [-0.39, 0.29) is 12.5 Å². The Morgan fingerprint density at radius 2 is 1.75 bits per heavy atom. The number of hydrogen-bond donors (Lipinski definition) is 2. The van der Waals surface area contributed by atoms with Crippen LogP contribution in [-0.4, -0.2) is 50.4 Å². The van der Waals surface area contributed by atoms with Crippen molar-refractivity contribution in [2.24, 2.45) is 4.99 Å². The summed E-state index contributed by atoms with van der Waals surface area (Å²) in [6.45, 7) is 1.54. The first-order valence-corrected chi connectivity index (χ1v) is 11.4. The molecule has 1 aliphatic heterocycles. The number of anilines is 3. The van der Waals surface area contributed by atoms with Crippen molar-refractivity contribution >= 4 is 40.6 Å². The molecular formula is C27H27N5O4. The maximum Gasteiger partial charge on any atom is 0.321 e. The fraction of sp³-hybridized carbons (Fsp3) is 0.185. The molecule has 2 N–H and O–H groups in total. The molecular weight excluding hydrogens is 458 g/mol. The third-order valence-corrected chi connectivity index (χ3v) is 5.81. The number of hydrogen-bond acceptors (Lipinski definition) is 5. The summed E-state index contributed by atoms with van der Waals surface area (Å²) in [5.74, 6) is -0.228. The normalized spacial score (nSPS) is 14.8. The molecule has 1 atom stereocenters. The van der Waals surface area contributed by atoms with Gasteiger partial charge in [0.15, 0.2) is 0 Å². The Bertz CT molecular complexity index is 1310. The van der Waals surface area contributed by atoms with Crippen molar-refractivity contribution < 1.29 is 19.1 Å². The first-order valence-electron chi connectivity index (χ1n) is 11.4. The van der Waals surface area contributed by atoms with E-state index in [1.807, 2.05) is 42.5 Å². The lowest BCUT2D eigenvalue weighted by molar-refractivity contribution is -0.123. The highest BCUT2D eigenvalue weighted by Crippen LogP contribution is 2.26. The zero-order chi connectivity index (χ0) is 25.7. The van der Waals surface area contributed by atoms with E-state index in [1.165, 1.54) is 16.9 Å². The van der Waals surface area contributed by atoms with Crippen LogP contribution in [0.5, 0.6) is 5.75 Å². The van der Waals surface area contributed by atoms with Crippen molar-refractivity contribution in [3.05, 3.63) is 84.4 Å². The quantitative estimate of drug-likeness (QED) is 0.556. The molecule has 184 valence electrons. The maximum atomic E-state index is 13.6. The van der Waals surface area contributed by atoms with E-state index in [0.717, 1.165) is 0 Å². The van der Waals surface area contributed by atoms with Crippen LogP contribution in [0.3, 0.4) is 0 Å². The van der Waals surface area contributed by atoms with Gasteiger partial charge in [0.05, 0.1) is 12.8 Å². The van der Waals surface area contributed by atoms with Gasteiger partial charge in [0.2, 0.25) is 12.1 Å². The number of rotatable bonds is 6. The van der Waals surface area contributed by atoms with Gasteiger partial charge in [-0.05, 0) is 37.3 Å². The van der Waals surface area contributed by atoms with Gasteiger partial charge in [-0.15, -0.1) is 0 Å². The number of aliphatic imine (C=N–C) groups is 1. The van der Waals surface area contributed by atoms with E-state index in [0.29, 0.717) is 34.1 Å². The van der Waals surface area contributed by atoms with Crippen LogP contribution in [0.4, 0.5) is 21.9 Å². The molecule has 1 heterocycles. The van der Waals surface area contributed by atoms with Crippen LogP contribution >= 0.6 is 0 Å². The van der Waals surface area contributed by atoms with Crippen LogP contribution in [0.15, 0.2) is 83.9 Å². The number of para-hydroxylation sites is 2. The molecule has 36 heavy (non-hydrogen) atoms. The van der Waals surface area contributed by atoms with Crippen LogP contribution in [0, 0.1) is 0 Å². The molecule has 9 nitrogen and oxygen atoms in total. The molecule has 1 aliphatic rings. The van der Waals surface area contributed by atoms with Gasteiger partial charge >= 0.3 is 6.03 Å². The highest BCUT2D eigenvalue weighted by Gasteiger charge is 2.33. The first kappa shape index (κ1) is 24.5. The second-order valence-electron chi connectivity index (χ2n) is 8.18. The van der Waals surface area contributed by atoms with Gasteiger partial charge in [0.25, 0.3) is 5.91 Å². The van der Waals surface area contributed by atoms with Crippen molar-refractivity contribution in [2.45, 2.75) is 13.1 Å². The Morgan fingerprint density at radius 1 is 1.03 bits per heavy atom. The maximum absolute atomic E-state index is 13.6. The van der Waals surface area contributed by atoms with E-state index < -0.39 is 18.1 Å². The minimum atomic E-state index is -1.22. The van der Waals surface area contributed by atoms with Gasteiger partial charge in [-0.3, -0.25) is 19.5 Å². The Hall–Kier alpha value is -4.66. The number of benzene rings is 3. The van der Waals surface area contributed by atoms with Crippen LogP contribution in [0.1, 0.15) is 12.5 Å². The second-order valence-corrected chi connectivity index (χ2v) is 8.18. The summed E-state index contributed by atoms with van der Waals surface area (Å²) in [4.78, 5) is 46.9. The monoisotopic (exact) mass is 485 g/mol. The lowest BCUT2D eigenvalue weighted by Gasteiger charge is -2.27. The molecule has 0 bridgehead atoms. The lowest BCUT2D eigenvalue weighted by atomic mass is 10.1. The molecule has 0 aliphatic carbocycles. The topological polar surface area (TPSA) is 103 Å². The number of fused-ring (bicyclic) bond motifs is 1. The summed E-state index contributed by atoms with van der Waals surface area (Å²) >= 11 is 0. The number of amides is 4. The Balaban J connectivity index is 1.58. The van der Waals surface area contributed by atoms with Crippen LogP contribution in [0.2, 0.25) is 0 Å². The highest BCUT2D eigenvalue weighted by molar-refractivity contribution is 6.14. The summed E-state index contributed by atoms with van der Waals surface area (Å²) in [6, 6.07) is 22.6. The molecule has 4 amide bonds. The molecule has 0 fully saturated rings. The SMILES string of the molecule is COc1cccc(NC(=O)NC2N=C(C)c3ccccc3N(CC(=O)N(C)c3ccccc3)C2=O)c1. The van der Waals surface area contributed by atoms with Crippen molar-refractivity contribution in [2.75, 3.05) is 35.8 Å². The number of methoxy groups -OCH3 is 1. The first-order chi connectivity index (χ1) is 17.4. The van der Waals surface area contributed by atoms with Gasteiger partial charge in [-0.25, -0.2) is 4.79 Å². The van der Waals surface area contributed by atoms with Gasteiger partial charge in [-0.2, -0.15) is 0 Å². The Labute approximate surface area is 209 Å². The molecule has 4 rings (SSSR count). The molecule has 3 aromatic carbocycles. The summed E-state index contributed by atoms with van der Waals surface area (Å²) in [5.41, 5.74) is 3.03. The van der Waals surface area contributed by atoms with Crippen molar-refractivity contribution in [3.63, 3.8) is 0 Å². The minimum absolute atomic E-state index is 0.222. The summed E-state index contributed by atoms with van der Waals surface area (Å²) in [6.07, 6.45) is -1.22. The van der Waals surface area contributed by atoms with Gasteiger partial charge < -0.3 is 20.3 Å². The largest absolute Gasteiger partial charge is 0.497 e. The Kier molecular flexibility index (Phi) is 7.29. The van der Waals surface area contributed by atoms with Gasteiger partial charge in [0, 0.05) is 35.8 Å². The predicted molar refractivity (Wildman–Crippen MR) is 140 cm³/mol. The number of carbonyl (C=O) groups is 3. The number of ether oxygens (including phenoxy) is 1. The summed E-state index contributed by atoms with van der Waals surface area (Å²) in [5, 5.41) is 5.32. The number of nitrogens with one attached hydrogen (secondary N) is 2. The average Bonchev–Trinajstić information content (AvgIpc) is 2.99. The average molecular weight is 486 g/mol. The van der Waals surface area contributed by atoms with Crippen LogP contribution in [-0.2, 0) is 9.59 Å². The lowest BCUT2D eigenvalue weighted by Crippen LogP contribution is -2.51. The number of nitrogens with zero attached hydrogens (tertiary/aromatic N) is 3. The summed E-state index contributed by atoms with van der Waals surface area (Å²) < 4.78 is 5.18. The van der Waals surface area contributed by atoms with E-state index in [9.17, 15) is 14.4 Å². The van der Waals surface area contributed by atoms with Crippen molar-refractivity contribution in [1.29, 1.82) is 0 Å². The molecule has 3 aromatic rings. The van der Waals surface area contributed by atoms with Crippen LogP contribution in [0.25, 0.3) is 0 Å². The molecule has 0 radical (unpaired) electrons. The predicted octanol–water partition coefficient (Wildman–Crippen LogP) is 3.66. The van der Waals surface area contributed by atoms with E-state index >= 15 is 0 Å². The van der Waals surface area contributed by atoms with Crippen molar-refractivity contribution in [3.8, 4) is 5.75 Å². The van der Waals surface area contributed by atoms with E-state index in [4.69, 9.17) is 4.74 Å². The number of carbonyl (C=O) groups excluding carboxylic acids is 3. The minimum Gasteiger partial charge on any atom is -0.497 e. The smallest absolute Gasteiger partial charge is 0.321 e. The third-order valence-electron chi connectivity index (χ3n) is 5.81. The van der Waals surface area contributed by atoms with Crippen molar-refractivity contribution in [1.82, 2.24) is 5.32 Å². The highest BCUT2D eigenvalue weighted by atomic mass is 16.5. The number of likely N-dealkylation sites (N-methyl/N-ethyl adjacent to an activating group) is 1.